The predicted molar refractivity (Wildman–Crippen MR) is 97.6 cm³/mol. The van der Waals surface area contributed by atoms with Crippen molar-refractivity contribution in [1.29, 1.82) is 0 Å². The van der Waals surface area contributed by atoms with Gasteiger partial charge in [0.25, 0.3) is 5.91 Å². The first-order valence-corrected chi connectivity index (χ1v) is 8.24. The van der Waals surface area contributed by atoms with E-state index in [0.717, 1.165) is 14.8 Å². The number of aromatic nitrogens is 2. The highest BCUT2D eigenvalue weighted by molar-refractivity contribution is 14.1. The summed E-state index contributed by atoms with van der Waals surface area (Å²) >= 11 is 8.38. The number of nitrogens with zero attached hydrogens (tertiary/aromatic N) is 2. The zero-order valence-corrected chi connectivity index (χ0v) is 15.8. The van der Waals surface area contributed by atoms with E-state index in [1.165, 1.54) is 6.20 Å². The molecule has 1 N–H and O–H groups in total. The normalized spacial score (nSPS) is 11.4. The fourth-order valence-corrected chi connectivity index (χ4v) is 2.78. The smallest absolute Gasteiger partial charge is 0.275 e. The van der Waals surface area contributed by atoms with Crippen molar-refractivity contribution < 1.29 is 4.79 Å². The van der Waals surface area contributed by atoms with Crippen molar-refractivity contribution in [3.05, 3.63) is 50.1 Å². The summed E-state index contributed by atoms with van der Waals surface area (Å²) in [6.07, 6.45) is 1.46. The average Bonchev–Trinajstić information content (AvgIpc) is 2.41. The Morgan fingerprint density at radius 2 is 2.00 bits per heavy atom. The van der Waals surface area contributed by atoms with Crippen molar-refractivity contribution in [1.82, 2.24) is 9.97 Å². The molecule has 2 rings (SSSR count). The van der Waals surface area contributed by atoms with Gasteiger partial charge in [-0.05, 0) is 47.2 Å². The highest BCUT2D eigenvalue weighted by Gasteiger charge is 2.21. The summed E-state index contributed by atoms with van der Waals surface area (Å²) in [6, 6.07) is 5.72. The molecular formula is C16H17ClIN3O. The lowest BCUT2D eigenvalue weighted by Gasteiger charge is -2.18. The minimum Gasteiger partial charge on any atom is -0.321 e. The first kappa shape index (κ1) is 17.1. The Hall–Kier alpha value is -1.21. The molecular weight excluding hydrogens is 413 g/mol. The van der Waals surface area contributed by atoms with Crippen LogP contribution in [0.4, 0.5) is 5.69 Å². The molecule has 0 aliphatic carbocycles. The van der Waals surface area contributed by atoms with Crippen molar-refractivity contribution in [3.8, 4) is 0 Å². The number of halogens is 2. The second-order valence-electron chi connectivity index (χ2n) is 6.06. The van der Waals surface area contributed by atoms with Crippen LogP contribution in [0.2, 0.25) is 5.15 Å². The summed E-state index contributed by atoms with van der Waals surface area (Å²) in [5, 5.41) is 3.07. The molecule has 1 aromatic carbocycles. The lowest BCUT2D eigenvalue weighted by Crippen LogP contribution is -2.19. The number of hydrogen-bond acceptors (Lipinski definition) is 3. The molecule has 0 spiro atoms. The Bertz CT molecular complexity index is 726. The number of aryl methyl sites for hydroxylation is 1. The van der Waals surface area contributed by atoms with E-state index in [9.17, 15) is 4.79 Å². The molecule has 0 bridgehead atoms. The number of carbonyl (C=O) groups is 1. The van der Waals surface area contributed by atoms with Gasteiger partial charge in [0.15, 0.2) is 5.15 Å². The lowest BCUT2D eigenvalue weighted by atomic mass is 9.92. The summed E-state index contributed by atoms with van der Waals surface area (Å²) in [5.74, 6) is -0.325. The van der Waals surface area contributed by atoms with Crippen molar-refractivity contribution in [2.45, 2.75) is 33.1 Å². The minimum atomic E-state index is -0.325. The quantitative estimate of drug-likeness (QED) is 0.710. The van der Waals surface area contributed by atoms with Crippen LogP contribution in [0.25, 0.3) is 0 Å². The molecule has 6 heteroatoms. The third-order valence-corrected chi connectivity index (χ3v) is 4.53. The van der Waals surface area contributed by atoms with Gasteiger partial charge in [-0.15, -0.1) is 0 Å². The molecule has 0 unspecified atom stereocenters. The van der Waals surface area contributed by atoms with Gasteiger partial charge in [-0.2, -0.15) is 0 Å². The Balaban J connectivity index is 2.23. The van der Waals surface area contributed by atoms with Crippen LogP contribution in [0.3, 0.4) is 0 Å². The monoisotopic (exact) mass is 429 g/mol. The topological polar surface area (TPSA) is 54.9 Å². The summed E-state index contributed by atoms with van der Waals surface area (Å²) in [5.41, 5.74) is 2.55. The van der Waals surface area contributed by atoms with Gasteiger partial charge in [-0.3, -0.25) is 9.78 Å². The molecule has 0 radical (unpaired) electrons. The maximum atomic E-state index is 12.2. The van der Waals surface area contributed by atoms with Gasteiger partial charge < -0.3 is 5.32 Å². The predicted octanol–water partition coefficient (Wildman–Crippen LogP) is 4.59. The average molecular weight is 430 g/mol. The molecule has 0 saturated carbocycles. The van der Waals surface area contributed by atoms with Crippen molar-refractivity contribution in [2.75, 3.05) is 5.32 Å². The van der Waals surface area contributed by atoms with Gasteiger partial charge in [0, 0.05) is 14.7 Å². The van der Waals surface area contributed by atoms with Gasteiger partial charge in [0.2, 0.25) is 0 Å². The second kappa shape index (κ2) is 6.50. The van der Waals surface area contributed by atoms with Crippen molar-refractivity contribution >= 4 is 45.8 Å². The van der Waals surface area contributed by atoms with Crippen LogP contribution < -0.4 is 5.32 Å². The number of amides is 1. The van der Waals surface area contributed by atoms with Gasteiger partial charge >= 0.3 is 0 Å². The number of hydrogen-bond donors (Lipinski definition) is 1. The van der Waals surface area contributed by atoms with Gasteiger partial charge in [-0.25, -0.2) is 4.98 Å². The summed E-state index contributed by atoms with van der Waals surface area (Å²) in [6.45, 7) is 8.01. The highest BCUT2D eigenvalue weighted by atomic mass is 127. The van der Waals surface area contributed by atoms with E-state index in [0.29, 0.717) is 5.69 Å². The Morgan fingerprint density at radius 1 is 1.32 bits per heavy atom. The molecule has 0 saturated heterocycles. The van der Waals surface area contributed by atoms with Crippen LogP contribution in [-0.2, 0) is 5.41 Å². The molecule has 0 fully saturated rings. The van der Waals surface area contributed by atoms with Gasteiger partial charge in [-0.1, -0.05) is 38.4 Å². The zero-order valence-electron chi connectivity index (χ0n) is 12.9. The molecule has 116 valence electrons. The van der Waals surface area contributed by atoms with Crippen LogP contribution in [0.5, 0.6) is 0 Å². The molecule has 1 aromatic heterocycles. The molecule has 4 nitrogen and oxygen atoms in total. The third-order valence-electron chi connectivity index (χ3n) is 3.10. The van der Waals surface area contributed by atoms with Crippen molar-refractivity contribution in [2.24, 2.45) is 0 Å². The molecule has 1 amide bonds. The minimum absolute atomic E-state index is 0.202. The molecule has 1 heterocycles. The lowest BCUT2D eigenvalue weighted by molar-refractivity contribution is 0.102. The Kier molecular flexibility index (Phi) is 5.07. The first-order valence-electron chi connectivity index (χ1n) is 6.79. The molecule has 0 atom stereocenters. The van der Waals surface area contributed by atoms with E-state index >= 15 is 0 Å². The van der Waals surface area contributed by atoms with E-state index in [4.69, 9.17) is 11.6 Å². The highest BCUT2D eigenvalue weighted by Crippen LogP contribution is 2.26. The zero-order chi connectivity index (χ0) is 16.5. The van der Waals surface area contributed by atoms with Crippen LogP contribution in [0, 0.1) is 10.5 Å². The van der Waals surface area contributed by atoms with E-state index in [-0.39, 0.29) is 22.2 Å². The van der Waals surface area contributed by atoms with Crippen LogP contribution >= 0.6 is 34.2 Å². The number of rotatable bonds is 2. The Labute approximate surface area is 148 Å². The van der Waals surface area contributed by atoms with Gasteiger partial charge in [0.05, 0.1) is 11.9 Å². The van der Waals surface area contributed by atoms with Crippen LogP contribution in [0.15, 0.2) is 24.4 Å². The molecule has 22 heavy (non-hydrogen) atoms. The summed E-state index contributed by atoms with van der Waals surface area (Å²) < 4.78 is 1.09. The summed E-state index contributed by atoms with van der Waals surface area (Å²) in [7, 11) is 0. The van der Waals surface area contributed by atoms with E-state index < -0.39 is 0 Å². The standard InChI is InChI=1S/C16H17ClIN3O/c1-9-5-6-10(7-11(9)18)20-15(22)12-8-19-13(14(17)21-12)16(2,3)4/h5-8H,1-4H3,(H,20,22). The maximum absolute atomic E-state index is 12.2. The maximum Gasteiger partial charge on any atom is 0.275 e. The van der Waals surface area contributed by atoms with E-state index in [1.54, 1.807) is 0 Å². The van der Waals surface area contributed by atoms with Gasteiger partial charge in [0.1, 0.15) is 5.69 Å². The number of carbonyl (C=O) groups excluding carboxylic acids is 1. The van der Waals surface area contributed by atoms with E-state index in [2.05, 4.69) is 37.9 Å². The summed E-state index contributed by atoms with van der Waals surface area (Å²) in [4.78, 5) is 20.7. The SMILES string of the molecule is Cc1ccc(NC(=O)c2cnc(C(C)(C)C)c(Cl)n2)cc1I. The first-order chi connectivity index (χ1) is 10.2. The second-order valence-corrected chi connectivity index (χ2v) is 7.58. The van der Waals surface area contributed by atoms with Crippen molar-refractivity contribution in [3.63, 3.8) is 0 Å². The van der Waals surface area contributed by atoms with Crippen LogP contribution in [-0.4, -0.2) is 15.9 Å². The molecule has 2 aromatic rings. The fraction of sp³-hybridized carbons (Fsp3) is 0.312. The third kappa shape index (κ3) is 3.95. The fourth-order valence-electron chi connectivity index (χ4n) is 1.84. The number of anilines is 1. The largest absolute Gasteiger partial charge is 0.321 e. The number of nitrogens with one attached hydrogen (secondary N) is 1. The van der Waals surface area contributed by atoms with Crippen LogP contribution in [0.1, 0.15) is 42.5 Å². The molecule has 0 aliphatic rings. The molecule has 0 aliphatic heterocycles. The Morgan fingerprint density at radius 3 is 2.55 bits per heavy atom. The number of benzene rings is 1. The van der Waals surface area contributed by atoms with E-state index in [1.807, 2.05) is 45.9 Å².